The van der Waals surface area contributed by atoms with Crippen LogP contribution in [0.4, 0.5) is 5.95 Å². The molecule has 0 spiro atoms. The van der Waals surface area contributed by atoms with Crippen molar-refractivity contribution < 1.29 is 4.74 Å². The fraction of sp³-hybridized carbons (Fsp3) is 0.357. The van der Waals surface area contributed by atoms with E-state index in [-0.39, 0.29) is 6.10 Å². The van der Waals surface area contributed by atoms with Gasteiger partial charge in [-0.15, -0.1) is 0 Å². The van der Waals surface area contributed by atoms with Crippen molar-refractivity contribution in [1.29, 1.82) is 0 Å². The predicted molar refractivity (Wildman–Crippen MR) is 72.3 cm³/mol. The zero-order valence-electron chi connectivity index (χ0n) is 10.9. The number of anilines is 1. The minimum atomic E-state index is 0.174. The van der Waals surface area contributed by atoms with E-state index in [4.69, 9.17) is 4.74 Å². The number of rotatable bonds is 3. The molecule has 0 aliphatic carbocycles. The van der Waals surface area contributed by atoms with Gasteiger partial charge >= 0.3 is 0 Å². The van der Waals surface area contributed by atoms with E-state index in [1.54, 1.807) is 18.6 Å². The molecule has 98 valence electrons. The van der Waals surface area contributed by atoms with Gasteiger partial charge in [0.25, 0.3) is 0 Å². The van der Waals surface area contributed by atoms with E-state index in [9.17, 15) is 0 Å². The second-order valence-electron chi connectivity index (χ2n) is 4.66. The van der Waals surface area contributed by atoms with Crippen molar-refractivity contribution in [2.75, 3.05) is 18.0 Å². The summed E-state index contributed by atoms with van der Waals surface area (Å²) in [6.07, 6.45) is 6.44. The molecule has 1 fully saturated rings. The highest BCUT2D eigenvalue weighted by Crippen LogP contribution is 2.20. The van der Waals surface area contributed by atoms with Crippen molar-refractivity contribution in [2.24, 2.45) is 0 Å². The first-order valence-corrected chi connectivity index (χ1v) is 6.42. The molecule has 19 heavy (non-hydrogen) atoms. The zero-order chi connectivity index (χ0) is 13.1. The summed E-state index contributed by atoms with van der Waals surface area (Å²) in [7, 11) is 0. The third-order valence-corrected chi connectivity index (χ3v) is 3.15. The van der Waals surface area contributed by atoms with Gasteiger partial charge in [-0.3, -0.25) is 4.98 Å². The Hall–Kier alpha value is -2.17. The number of pyridine rings is 1. The zero-order valence-corrected chi connectivity index (χ0v) is 10.9. The van der Waals surface area contributed by atoms with Crippen LogP contribution >= 0.6 is 0 Å². The van der Waals surface area contributed by atoms with Gasteiger partial charge in [0, 0.05) is 31.1 Å². The summed E-state index contributed by atoms with van der Waals surface area (Å²) in [4.78, 5) is 15.0. The predicted octanol–water partition coefficient (Wildman–Crippen LogP) is 1.84. The average molecular weight is 256 g/mol. The average Bonchev–Trinajstić information content (AvgIpc) is 2.88. The maximum absolute atomic E-state index is 5.90. The van der Waals surface area contributed by atoms with Crippen LogP contribution in [0.15, 0.2) is 36.8 Å². The highest BCUT2D eigenvalue weighted by Gasteiger charge is 2.25. The standard InChI is InChI=1S/C14H16N4O/c1-11-4-7-16-14(17-11)18-8-5-13(10-18)19-12-3-2-6-15-9-12/h2-4,6-7,9,13H,5,8,10H2,1H3/t13-/m1/s1. The maximum Gasteiger partial charge on any atom is 0.225 e. The second kappa shape index (κ2) is 5.22. The van der Waals surface area contributed by atoms with E-state index >= 15 is 0 Å². The van der Waals surface area contributed by atoms with E-state index in [0.717, 1.165) is 36.9 Å². The Kier molecular flexibility index (Phi) is 3.27. The monoisotopic (exact) mass is 256 g/mol. The number of hydrogen-bond acceptors (Lipinski definition) is 5. The Morgan fingerprint density at radius 1 is 1.32 bits per heavy atom. The van der Waals surface area contributed by atoms with Crippen LogP contribution in [0, 0.1) is 6.92 Å². The molecule has 0 unspecified atom stereocenters. The third-order valence-electron chi connectivity index (χ3n) is 3.15. The molecule has 0 saturated carbocycles. The van der Waals surface area contributed by atoms with Crippen molar-refractivity contribution in [3.8, 4) is 5.75 Å². The quantitative estimate of drug-likeness (QED) is 0.838. The fourth-order valence-electron chi connectivity index (χ4n) is 2.20. The number of hydrogen-bond donors (Lipinski definition) is 0. The third kappa shape index (κ3) is 2.81. The Morgan fingerprint density at radius 3 is 3.05 bits per heavy atom. The topological polar surface area (TPSA) is 51.1 Å². The lowest BCUT2D eigenvalue weighted by Gasteiger charge is -2.17. The smallest absolute Gasteiger partial charge is 0.225 e. The Bertz CT molecular complexity index is 546. The number of aromatic nitrogens is 3. The van der Waals surface area contributed by atoms with Gasteiger partial charge in [0.1, 0.15) is 11.9 Å². The van der Waals surface area contributed by atoms with Crippen LogP contribution in [0.5, 0.6) is 5.75 Å². The molecule has 2 aromatic rings. The molecular weight excluding hydrogens is 240 g/mol. The molecule has 1 aliphatic rings. The van der Waals surface area contributed by atoms with Crippen molar-refractivity contribution in [1.82, 2.24) is 15.0 Å². The molecule has 2 aromatic heterocycles. The first kappa shape index (κ1) is 11.9. The molecule has 1 aliphatic heterocycles. The van der Waals surface area contributed by atoms with E-state index in [0.29, 0.717) is 0 Å². The fourth-order valence-corrected chi connectivity index (χ4v) is 2.20. The molecule has 0 amide bonds. The van der Waals surface area contributed by atoms with Crippen LogP contribution in [0.2, 0.25) is 0 Å². The number of ether oxygens (including phenoxy) is 1. The van der Waals surface area contributed by atoms with Gasteiger partial charge in [-0.05, 0) is 25.1 Å². The minimum Gasteiger partial charge on any atom is -0.487 e. The van der Waals surface area contributed by atoms with E-state index < -0.39 is 0 Å². The minimum absolute atomic E-state index is 0.174. The van der Waals surface area contributed by atoms with Crippen LogP contribution in [0.25, 0.3) is 0 Å². The largest absolute Gasteiger partial charge is 0.487 e. The summed E-state index contributed by atoms with van der Waals surface area (Å²) >= 11 is 0. The Morgan fingerprint density at radius 2 is 2.26 bits per heavy atom. The molecule has 1 atom stereocenters. The van der Waals surface area contributed by atoms with Crippen LogP contribution in [-0.2, 0) is 0 Å². The second-order valence-corrected chi connectivity index (χ2v) is 4.66. The first-order chi connectivity index (χ1) is 9.31. The molecule has 5 nitrogen and oxygen atoms in total. The summed E-state index contributed by atoms with van der Waals surface area (Å²) in [5, 5.41) is 0. The number of nitrogens with zero attached hydrogens (tertiary/aromatic N) is 4. The summed E-state index contributed by atoms with van der Waals surface area (Å²) in [5.74, 6) is 1.61. The normalized spacial score (nSPS) is 18.6. The molecule has 5 heteroatoms. The lowest BCUT2D eigenvalue weighted by Crippen LogP contribution is -2.26. The van der Waals surface area contributed by atoms with E-state index in [1.807, 2.05) is 25.1 Å². The van der Waals surface area contributed by atoms with Gasteiger partial charge < -0.3 is 9.64 Å². The Balaban J connectivity index is 1.64. The summed E-state index contributed by atoms with van der Waals surface area (Å²) in [6.45, 7) is 3.72. The molecule has 0 aromatic carbocycles. The molecule has 3 heterocycles. The Labute approximate surface area is 112 Å². The molecule has 0 radical (unpaired) electrons. The summed E-state index contributed by atoms with van der Waals surface area (Å²) in [6, 6.07) is 5.72. The van der Waals surface area contributed by atoms with Crippen LogP contribution < -0.4 is 9.64 Å². The van der Waals surface area contributed by atoms with Crippen LogP contribution in [-0.4, -0.2) is 34.1 Å². The van der Waals surface area contributed by atoms with E-state index in [1.165, 1.54) is 0 Å². The van der Waals surface area contributed by atoms with E-state index in [2.05, 4.69) is 19.9 Å². The van der Waals surface area contributed by atoms with Crippen molar-refractivity contribution in [2.45, 2.75) is 19.4 Å². The molecule has 0 N–H and O–H groups in total. The summed E-state index contributed by atoms with van der Waals surface area (Å²) in [5.41, 5.74) is 0.988. The van der Waals surface area contributed by atoms with Crippen LogP contribution in [0.1, 0.15) is 12.1 Å². The lowest BCUT2D eigenvalue weighted by atomic mass is 10.3. The highest BCUT2D eigenvalue weighted by molar-refractivity contribution is 5.32. The molecular formula is C14H16N4O. The van der Waals surface area contributed by atoms with Gasteiger partial charge in [-0.25, -0.2) is 9.97 Å². The van der Waals surface area contributed by atoms with Crippen molar-refractivity contribution >= 4 is 5.95 Å². The first-order valence-electron chi connectivity index (χ1n) is 6.42. The van der Waals surface area contributed by atoms with Gasteiger partial charge in [0.15, 0.2) is 0 Å². The molecule has 3 rings (SSSR count). The van der Waals surface area contributed by atoms with Crippen molar-refractivity contribution in [3.63, 3.8) is 0 Å². The van der Waals surface area contributed by atoms with Crippen molar-refractivity contribution in [3.05, 3.63) is 42.5 Å². The SMILES string of the molecule is Cc1ccnc(N2CC[C@@H](Oc3cccnc3)C2)n1. The lowest BCUT2D eigenvalue weighted by molar-refractivity contribution is 0.224. The van der Waals surface area contributed by atoms with Crippen LogP contribution in [0.3, 0.4) is 0 Å². The van der Waals surface area contributed by atoms with Gasteiger partial charge in [0.2, 0.25) is 5.95 Å². The summed E-state index contributed by atoms with van der Waals surface area (Å²) < 4.78 is 5.90. The highest BCUT2D eigenvalue weighted by atomic mass is 16.5. The van der Waals surface area contributed by atoms with Gasteiger partial charge in [0.05, 0.1) is 12.7 Å². The van der Waals surface area contributed by atoms with Gasteiger partial charge in [-0.2, -0.15) is 0 Å². The molecule has 0 bridgehead atoms. The maximum atomic E-state index is 5.90. The molecule has 1 saturated heterocycles. The number of aryl methyl sites for hydroxylation is 1. The van der Waals surface area contributed by atoms with Gasteiger partial charge in [-0.1, -0.05) is 0 Å².